The Morgan fingerprint density at radius 1 is 1.03 bits per heavy atom. The van der Waals surface area contributed by atoms with Crippen LogP contribution in [0.25, 0.3) is 10.9 Å². The number of para-hydroxylation sites is 1. The van der Waals surface area contributed by atoms with E-state index in [1.807, 2.05) is 50.1 Å². The van der Waals surface area contributed by atoms with Gasteiger partial charge in [0.2, 0.25) is 0 Å². The van der Waals surface area contributed by atoms with Gasteiger partial charge in [0.05, 0.1) is 25.9 Å². The number of H-pyrrole nitrogens is 1. The number of halogens is 1. The minimum absolute atomic E-state index is 0.00340. The first kappa shape index (κ1) is 48.3. The second-order valence-electron chi connectivity index (χ2n) is 19.6. The molecule has 10 atom stereocenters. The zero-order valence-electron chi connectivity index (χ0n) is 39.1. The van der Waals surface area contributed by atoms with Crippen LogP contribution in [0.4, 0.5) is 10.5 Å². The van der Waals surface area contributed by atoms with E-state index in [4.69, 9.17) is 48.1 Å². The van der Waals surface area contributed by atoms with Gasteiger partial charge in [0.15, 0.2) is 6.10 Å². The number of esters is 2. The molecule has 4 fully saturated rings. The Morgan fingerprint density at radius 2 is 1.76 bits per heavy atom. The van der Waals surface area contributed by atoms with Gasteiger partial charge in [-0.2, -0.15) is 8.42 Å². The van der Waals surface area contributed by atoms with Gasteiger partial charge in [0, 0.05) is 103 Å². The summed E-state index contributed by atoms with van der Waals surface area (Å²) in [5.74, 6) is -1.29. The molecule has 3 aromatic rings. The van der Waals surface area contributed by atoms with Crippen molar-refractivity contribution in [1.29, 1.82) is 0 Å². The summed E-state index contributed by atoms with van der Waals surface area (Å²) in [5, 5.41) is 13.1. The summed E-state index contributed by atoms with van der Waals surface area (Å²) in [6, 6.07) is 11.1. The molecule has 1 saturated carbocycles. The number of aliphatic hydroxyl groups is 1. The molecule has 2 amide bonds. The third-order valence-electron chi connectivity index (χ3n) is 16.4. The number of likely N-dealkylation sites (N-methyl/N-ethyl adjacent to an activating group) is 1. The number of anilines is 1. The third-order valence-corrected chi connectivity index (χ3v) is 16.6. The molecule has 68 heavy (non-hydrogen) atoms. The van der Waals surface area contributed by atoms with Crippen molar-refractivity contribution in [1.82, 2.24) is 19.7 Å². The molecule has 6 aliphatic heterocycles. The number of amides is 2. The number of hydrogen-bond acceptors (Lipinski definition) is 14. The number of benzene rings is 2. The van der Waals surface area contributed by atoms with E-state index in [1.54, 1.807) is 7.11 Å². The summed E-state index contributed by atoms with van der Waals surface area (Å²) in [7, 11) is 0.276. The van der Waals surface area contributed by atoms with Crippen molar-refractivity contribution in [2.45, 2.75) is 99.5 Å². The predicted octanol–water partition coefficient (Wildman–Crippen LogP) is 4.39. The zero-order chi connectivity index (χ0) is 48.9. The highest BCUT2D eigenvalue weighted by Crippen LogP contribution is 2.69. The third kappa shape index (κ3) is 6.92. The van der Waals surface area contributed by atoms with E-state index in [9.17, 15) is 14.7 Å². The number of fused-ring (bicyclic) bond motifs is 7. The molecule has 20 heteroatoms. The number of rotatable bonds is 8. The van der Waals surface area contributed by atoms with Crippen LogP contribution in [0.15, 0.2) is 48.6 Å². The van der Waals surface area contributed by atoms with Crippen LogP contribution in [-0.2, 0) is 56.2 Å². The molecule has 2 unspecified atom stereocenters. The lowest BCUT2D eigenvalue weighted by Gasteiger charge is -2.63. The number of piperidine rings is 1. The highest BCUT2D eigenvalue weighted by Gasteiger charge is 2.84. The van der Waals surface area contributed by atoms with Gasteiger partial charge in [-0.1, -0.05) is 44.2 Å². The summed E-state index contributed by atoms with van der Waals surface area (Å²) in [4.78, 5) is 69.9. The summed E-state index contributed by atoms with van der Waals surface area (Å²) in [6.45, 7) is 8.54. The maximum absolute atomic E-state index is 15.5. The number of nitrogens with one attached hydrogen (secondary N) is 1. The molecule has 0 radical (unpaired) electrons. The Hall–Kier alpha value is -4.76. The maximum Gasteiger partial charge on any atom is 0.417 e. The summed E-state index contributed by atoms with van der Waals surface area (Å²) >= 11 is 6.24. The minimum atomic E-state index is -4.67. The molecule has 10 rings (SSSR count). The van der Waals surface area contributed by atoms with Crippen LogP contribution < -0.4 is 9.64 Å². The number of hydrogen-bond donors (Lipinski definition) is 4. The molecule has 1 aromatic heterocycles. The van der Waals surface area contributed by atoms with Crippen molar-refractivity contribution in [2.75, 3.05) is 71.3 Å². The van der Waals surface area contributed by atoms with Gasteiger partial charge < -0.3 is 33.9 Å². The lowest BCUT2D eigenvalue weighted by molar-refractivity contribution is -0.210. The number of methoxy groups -OCH3 is 2. The molecule has 3 saturated heterocycles. The van der Waals surface area contributed by atoms with Crippen molar-refractivity contribution in [3.8, 4) is 5.75 Å². The SMILES string of the molecule is CC[C@]1(O)CC2CN(CCc3c([nH]c4ccccc34)[C@@](C(=O)OC)(c3cc4c(cc3OC)N(C)[C@H]3[C@]5(OC(=O)N(CCCl)C5=O)[C@H](OC(C)=O)[C@]5(CC)C=CCN6CC[C@]43[C@@H]65)C2)C1.O=S(=O)(O)O. The average molecular weight is 983 g/mol. The number of ether oxygens (including phenoxy) is 4. The lowest BCUT2D eigenvalue weighted by atomic mass is 9.47. The fraction of sp³-hybridized carbons (Fsp3) is 0.583. The smallest absolute Gasteiger partial charge is 0.417 e. The predicted molar refractivity (Wildman–Crippen MR) is 249 cm³/mol. The van der Waals surface area contributed by atoms with Crippen LogP contribution in [0.1, 0.15) is 75.3 Å². The summed E-state index contributed by atoms with van der Waals surface area (Å²) < 4.78 is 57.0. The van der Waals surface area contributed by atoms with Crippen LogP contribution in [0.5, 0.6) is 5.75 Å². The number of aromatic amines is 1. The van der Waals surface area contributed by atoms with Crippen molar-refractivity contribution in [3.05, 3.63) is 70.9 Å². The van der Waals surface area contributed by atoms with Gasteiger partial charge in [0.25, 0.3) is 11.5 Å². The van der Waals surface area contributed by atoms with Crippen LogP contribution in [0, 0.1) is 11.3 Å². The average Bonchev–Trinajstić information content (AvgIpc) is 4.01. The monoisotopic (exact) mass is 981 g/mol. The topological polar surface area (TPSA) is 229 Å². The van der Waals surface area contributed by atoms with Gasteiger partial charge in [-0.05, 0) is 74.2 Å². The first-order valence-corrected chi connectivity index (χ1v) is 25.2. The number of alkyl halides is 1. The van der Waals surface area contributed by atoms with E-state index in [0.29, 0.717) is 82.6 Å². The Morgan fingerprint density at radius 3 is 2.43 bits per heavy atom. The van der Waals surface area contributed by atoms with Crippen molar-refractivity contribution < 1.29 is 60.8 Å². The van der Waals surface area contributed by atoms with Gasteiger partial charge in [-0.25, -0.2) is 9.69 Å². The largest absolute Gasteiger partial charge is 0.496 e. The summed E-state index contributed by atoms with van der Waals surface area (Å²) in [5.41, 5.74) is -1.32. The van der Waals surface area contributed by atoms with Crippen LogP contribution in [0.3, 0.4) is 0 Å². The van der Waals surface area contributed by atoms with E-state index >= 15 is 9.59 Å². The highest BCUT2D eigenvalue weighted by molar-refractivity contribution is 7.79. The van der Waals surface area contributed by atoms with E-state index in [0.717, 1.165) is 38.3 Å². The molecular formula is C48H60ClN5O13S. The van der Waals surface area contributed by atoms with Crippen molar-refractivity contribution in [3.63, 3.8) is 0 Å². The van der Waals surface area contributed by atoms with Crippen LogP contribution >= 0.6 is 11.6 Å². The molecule has 2 aromatic carbocycles. The second kappa shape index (κ2) is 17.0. The molecule has 2 bridgehead atoms. The first-order chi connectivity index (χ1) is 32.2. The molecule has 7 heterocycles. The van der Waals surface area contributed by atoms with Gasteiger partial charge in [-0.15, -0.1) is 11.6 Å². The Labute approximate surface area is 400 Å². The Bertz CT molecular complexity index is 2710. The van der Waals surface area contributed by atoms with Crippen molar-refractivity contribution in [2.24, 2.45) is 11.3 Å². The highest BCUT2D eigenvalue weighted by atomic mass is 35.5. The van der Waals surface area contributed by atoms with Gasteiger partial charge >= 0.3 is 28.4 Å². The molecule has 368 valence electrons. The molecular weight excluding hydrogens is 922 g/mol. The van der Waals surface area contributed by atoms with Crippen molar-refractivity contribution >= 4 is 62.5 Å². The fourth-order valence-corrected chi connectivity index (χ4v) is 14.4. The second-order valence-corrected chi connectivity index (χ2v) is 20.9. The van der Waals surface area contributed by atoms with Gasteiger partial charge in [-0.3, -0.25) is 33.3 Å². The van der Waals surface area contributed by atoms with Crippen LogP contribution in [-0.4, -0.2) is 162 Å². The fourth-order valence-electron chi connectivity index (χ4n) is 14.2. The molecule has 7 aliphatic rings. The molecule has 18 nitrogen and oxygen atoms in total. The normalized spacial score (nSPS) is 34.7. The molecule has 4 N–H and O–H groups in total. The zero-order valence-corrected chi connectivity index (χ0v) is 40.7. The standard InChI is InChI=1S/C48H58ClN5O9.H2O4S/c1-7-44(59)24-29-25-47(42(57)61-6,37-31(14-19-52(26-29)27-44)30-12-9-10-13-34(30)50-37)33-22-32-35(23-36(33)60-5)51(4)39-46(32)16-20-53-18-11-15-45(8-2,38(46)53)40(62-28(3)55)48(39)41(56)54(21-17-49)43(58)63-48;1-5(2,3)4/h9-13,15,22-23,29,38-40,50,59H,7-8,14,16-21,24-27H2,1-6H3;(H2,1,2,3,4)/t29?,38-,39+,40+,44-,45+,46+,47-,48-;/m0./s1. The number of aromatic nitrogens is 1. The maximum atomic E-state index is 15.5. The number of nitrogens with zero attached hydrogens (tertiary/aromatic N) is 4. The number of carbonyl (C=O) groups excluding carboxylic acids is 4. The van der Waals surface area contributed by atoms with E-state index in [2.05, 4.69) is 39.1 Å². The number of imide groups is 1. The quantitative estimate of drug-likeness (QED) is 0.0807. The Balaban J connectivity index is 0.00000110. The Kier molecular flexibility index (Phi) is 12.1. The van der Waals surface area contributed by atoms with Gasteiger partial charge in [0.1, 0.15) is 11.2 Å². The first-order valence-electron chi connectivity index (χ1n) is 23.2. The van der Waals surface area contributed by atoms with E-state index < -0.39 is 73.9 Å². The van der Waals surface area contributed by atoms with E-state index in [1.165, 1.54) is 14.0 Å². The number of carbonyl (C=O) groups is 4. The van der Waals surface area contributed by atoms with Crippen LogP contribution in [0.2, 0.25) is 0 Å². The molecule has 2 spiro atoms. The lowest BCUT2D eigenvalue weighted by Crippen LogP contribution is -2.81. The minimum Gasteiger partial charge on any atom is -0.496 e. The van der Waals surface area contributed by atoms with E-state index in [-0.39, 0.29) is 24.4 Å². The molecule has 1 aliphatic carbocycles. The summed E-state index contributed by atoms with van der Waals surface area (Å²) in [6.07, 6.45) is 5.22.